The average Bonchev–Trinajstić information content (AvgIpc) is 3.31. The van der Waals surface area contributed by atoms with Crippen LogP contribution in [0.1, 0.15) is 79.3 Å². The van der Waals surface area contributed by atoms with Gasteiger partial charge in [-0.15, -0.1) is 0 Å². The molecule has 1 aliphatic carbocycles. The Labute approximate surface area is 240 Å². The van der Waals surface area contributed by atoms with Gasteiger partial charge in [0.2, 0.25) is 11.5 Å². The number of benzene rings is 1. The first-order chi connectivity index (χ1) is 20.0. The summed E-state index contributed by atoms with van der Waals surface area (Å²) in [4.78, 5) is 56.2. The maximum atomic E-state index is 15.2. The van der Waals surface area contributed by atoms with Crippen molar-refractivity contribution in [3.8, 4) is 11.4 Å². The van der Waals surface area contributed by atoms with E-state index in [2.05, 4.69) is 5.32 Å². The molecule has 0 unspecified atom stereocenters. The van der Waals surface area contributed by atoms with Gasteiger partial charge in [-0.2, -0.15) is 0 Å². The molecule has 42 heavy (non-hydrogen) atoms. The summed E-state index contributed by atoms with van der Waals surface area (Å²) in [5, 5.41) is 13.7. The molecule has 3 aromatic rings. The number of nitrogens with one attached hydrogen (secondary N) is 1. The number of amides is 1. The second-order valence-electron chi connectivity index (χ2n) is 11.3. The maximum absolute atomic E-state index is 15.2. The van der Waals surface area contributed by atoms with Crippen molar-refractivity contribution in [3.05, 3.63) is 61.7 Å². The lowest BCUT2D eigenvalue weighted by atomic mass is 9.74. The molecule has 2 N–H and O–H groups in total. The first kappa shape index (κ1) is 28.0. The Bertz CT molecular complexity index is 1760. The number of aryl methyl sites for hydroxylation is 1. The molecule has 4 heterocycles. The third-order valence-electron chi connectivity index (χ3n) is 9.02. The van der Waals surface area contributed by atoms with Crippen LogP contribution in [0.5, 0.6) is 0 Å². The van der Waals surface area contributed by atoms with Gasteiger partial charge >= 0.3 is 11.9 Å². The third kappa shape index (κ3) is 3.97. The Morgan fingerprint density at radius 2 is 2.02 bits per heavy atom. The summed E-state index contributed by atoms with van der Waals surface area (Å²) in [6.45, 7) is 5.82. The molecular formula is C31H32FN3O7. The summed E-state index contributed by atoms with van der Waals surface area (Å²) in [7, 11) is 0. The van der Waals surface area contributed by atoms with Gasteiger partial charge in [-0.05, 0) is 55.4 Å². The molecular weight excluding hydrogens is 545 g/mol. The molecule has 0 spiro atoms. The number of hydrogen-bond donors (Lipinski definition) is 2. The quantitative estimate of drug-likeness (QED) is 0.334. The van der Waals surface area contributed by atoms with E-state index < -0.39 is 29.1 Å². The van der Waals surface area contributed by atoms with Crippen LogP contribution in [-0.2, 0) is 49.0 Å². The zero-order valence-electron chi connectivity index (χ0n) is 23.9. The van der Waals surface area contributed by atoms with E-state index in [1.807, 2.05) is 0 Å². The highest BCUT2D eigenvalue weighted by Crippen LogP contribution is 2.48. The summed E-state index contributed by atoms with van der Waals surface area (Å²) in [6, 6.07) is 2.67. The number of cyclic esters (lactones) is 1. The lowest BCUT2D eigenvalue weighted by Gasteiger charge is -2.35. The number of fused-ring (bicyclic) bond motifs is 5. The van der Waals surface area contributed by atoms with Crippen LogP contribution >= 0.6 is 0 Å². The Morgan fingerprint density at radius 3 is 2.69 bits per heavy atom. The number of nitrogens with zero attached hydrogens (tertiary/aromatic N) is 2. The summed E-state index contributed by atoms with van der Waals surface area (Å²) in [6.07, 6.45) is 1.55. The summed E-state index contributed by atoms with van der Waals surface area (Å²) >= 11 is 0. The minimum atomic E-state index is -1.78. The predicted molar refractivity (Wildman–Crippen MR) is 149 cm³/mol. The summed E-state index contributed by atoms with van der Waals surface area (Å²) in [5.74, 6) is -2.27. The fraction of sp³-hybridized carbons (Fsp3) is 0.452. The first-order valence-corrected chi connectivity index (χ1v) is 14.2. The second-order valence-corrected chi connectivity index (χ2v) is 11.3. The number of ether oxygens (including phenoxy) is 2. The van der Waals surface area contributed by atoms with Gasteiger partial charge in [0, 0.05) is 55.0 Å². The van der Waals surface area contributed by atoms with Gasteiger partial charge in [0.25, 0.3) is 5.56 Å². The number of aliphatic hydroxyl groups excluding tert-OH is 1. The van der Waals surface area contributed by atoms with Crippen molar-refractivity contribution in [2.24, 2.45) is 0 Å². The van der Waals surface area contributed by atoms with Crippen molar-refractivity contribution in [1.82, 2.24) is 14.9 Å². The van der Waals surface area contributed by atoms with Gasteiger partial charge in [0.15, 0.2) is 0 Å². The van der Waals surface area contributed by atoms with E-state index in [4.69, 9.17) is 14.5 Å². The average molecular weight is 578 g/mol. The first-order valence-electron chi connectivity index (χ1n) is 14.2. The lowest BCUT2D eigenvalue weighted by molar-refractivity contribution is -0.188. The van der Waals surface area contributed by atoms with E-state index in [1.165, 1.54) is 19.9 Å². The van der Waals surface area contributed by atoms with Gasteiger partial charge in [-0.1, -0.05) is 6.92 Å². The van der Waals surface area contributed by atoms with Crippen LogP contribution in [0.3, 0.4) is 0 Å². The Hall–Kier alpha value is -4.12. The number of halogens is 1. The van der Waals surface area contributed by atoms with Gasteiger partial charge < -0.3 is 24.5 Å². The van der Waals surface area contributed by atoms with Crippen LogP contribution in [0.4, 0.5) is 4.39 Å². The molecule has 1 amide bonds. The third-order valence-corrected chi connectivity index (χ3v) is 9.02. The highest BCUT2D eigenvalue weighted by Gasteiger charge is 2.50. The summed E-state index contributed by atoms with van der Waals surface area (Å²) in [5.41, 5.74) is 2.67. The van der Waals surface area contributed by atoms with Gasteiger partial charge in [-0.25, -0.2) is 14.2 Å². The van der Waals surface area contributed by atoms with E-state index >= 15 is 4.39 Å². The fourth-order valence-electron chi connectivity index (χ4n) is 7.17. The molecule has 3 atom stereocenters. The molecule has 2 aliphatic heterocycles. The van der Waals surface area contributed by atoms with E-state index in [-0.39, 0.29) is 54.9 Å². The summed E-state index contributed by atoms with van der Waals surface area (Å²) < 4.78 is 27.6. The maximum Gasteiger partial charge on any atom is 0.355 e. The molecule has 6 rings (SSSR count). The molecule has 0 fully saturated rings. The number of carbonyl (C=O) groups excluding carboxylic acids is 3. The van der Waals surface area contributed by atoms with Crippen molar-refractivity contribution >= 4 is 28.7 Å². The Kier molecular flexibility index (Phi) is 6.68. The second kappa shape index (κ2) is 10.0. The van der Waals surface area contributed by atoms with Gasteiger partial charge in [0.05, 0.1) is 29.0 Å². The smallest absolute Gasteiger partial charge is 0.355 e. The molecule has 10 nitrogen and oxygen atoms in total. The Balaban J connectivity index is 1.65. The molecule has 0 radical (unpaired) electrons. The fourth-order valence-corrected chi connectivity index (χ4v) is 7.17. The zero-order chi connectivity index (χ0) is 30.1. The standard InChI is InChI=1S/C31H32FN3O7/c1-5-31(42-16(4)38)21-10-25-28-19(12-35(25)29(39)20(21)13-41-30(31)40)26-18(23(8-9-36)33-15(3)37)7-6-17-14(2)22(32)11-24(34-28)27(17)26/h10-11,18,23,36H,5-9,12-13H2,1-4H3,(H,33,37)/t18-,23-,31-/m0/s1. The number of hydrogen-bond acceptors (Lipinski definition) is 8. The molecule has 0 saturated carbocycles. The molecule has 0 bridgehead atoms. The number of esters is 2. The van der Waals surface area contributed by atoms with E-state index in [0.717, 1.165) is 22.1 Å². The minimum absolute atomic E-state index is 0.0556. The predicted octanol–water partition coefficient (Wildman–Crippen LogP) is 3.01. The molecule has 11 heteroatoms. The van der Waals surface area contributed by atoms with Gasteiger partial charge in [0.1, 0.15) is 12.4 Å². The number of rotatable bonds is 6. The van der Waals surface area contributed by atoms with E-state index in [0.29, 0.717) is 41.7 Å². The molecule has 1 aromatic carbocycles. The number of aromatic nitrogens is 2. The van der Waals surface area contributed by atoms with Crippen LogP contribution in [0.2, 0.25) is 0 Å². The largest absolute Gasteiger partial charge is 0.457 e. The van der Waals surface area contributed by atoms with Crippen LogP contribution in [-0.4, -0.2) is 45.2 Å². The zero-order valence-corrected chi connectivity index (χ0v) is 23.9. The van der Waals surface area contributed by atoms with E-state index in [9.17, 15) is 24.3 Å². The Morgan fingerprint density at radius 1 is 1.26 bits per heavy atom. The van der Waals surface area contributed by atoms with Crippen molar-refractivity contribution in [3.63, 3.8) is 0 Å². The van der Waals surface area contributed by atoms with Crippen LogP contribution < -0.4 is 10.9 Å². The number of carbonyl (C=O) groups is 3. The van der Waals surface area contributed by atoms with Gasteiger partial charge in [-0.3, -0.25) is 14.4 Å². The monoisotopic (exact) mass is 577 g/mol. The minimum Gasteiger partial charge on any atom is -0.457 e. The van der Waals surface area contributed by atoms with Crippen molar-refractivity contribution in [2.75, 3.05) is 6.61 Å². The highest BCUT2D eigenvalue weighted by atomic mass is 19.1. The normalized spacial score (nSPS) is 20.8. The molecule has 2 aromatic heterocycles. The van der Waals surface area contributed by atoms with E-state index in [1.54, 1.807) is 24.5 Å². The number of pyridine rings is 2. The van der Waals surface area contributed by atoms with Crippen molar-refractivity contribution in [1.29, 1.82) is 0 Å². The lowest BCUT2D eigenvalue weighted by Crippen LogP contribution is -2.47. The van der Waals surface area contributed by atoms with Crippen molar-refractivity contribution < 1.29 is 33.4 Å². The SMILES string of the molecule is CC[C@@]1(OC(C)=O)C(=O)OCc2c1cc1n(c2=O)Cc2c-1nc1cc(F)c(C)c3c1c2[C@H]([C@H](CCO)NC(C)=O)CC3. The molecule has 3 aliphatic rings. The van der Waals surface area contributed by atoms with Crippen molar-refractivity contribution in [2.45, 2.75) is 84.1 Å². The van der Waals surface area contributed by atoms with Crippen LogP contribution in [0.15, 0.2) is 16.9 Å². The van der Waals surface area contributed by atoms with Crippen LogP contribution in [0.25, 0.3) is 22.3 Å². The van der Waals surface area contributed by atoms with Crippen LogP contribution in [0, 0.1) is 12.7 Å². The highest BCUT2D eigenvalue weighted by molar-refractivity contribution is 5.93. The molecule has 0 saturated heterocycles. The topological polar surface area (TPSA) is 137 Å². The number of aliphatic hydroxyl groups is 1. The molecule has 220 valence electrons.